The van der Waals surface area contributed by atoms with E-state index in [1.54, 1.807) is 0 Å². The van der Waals surface area contributed by atoms with Crippen molar-refractivity contribution in [2.75, 3.05) is 7.11 Å². The Kier molecular flexibility index (Phi) is 2.96. The molecule has 0 aliphatic heterocycles. The monoisotopic (exact) mass is 246 g/mol. The van der Waals surface area contributed by atoms with Gasteiger partial charge in [-0.05, 0) is 60.8 Å². The predicted octanol–water partition coefficient (Wildman–Crippen LogP) is 1.81. The predicted molar refractivity (Wildman–Crippen MR) is 67.8 cm³/mol. The molecule has 1 aromatic rings. The largest absolute Gasteiger partial charge is 0.362 e. The maximum Gasteiger partial charge on any atom is 0.219 e. The third kappa shape index (κ3) is 1.70. The third-order valence-electron chi connectivity index (χ3n) is 4.17. The van der Waals surface area contributed by atoms with Crippen molar-refractivity contribution in [2.24, 2.45) is 0 Å². The van der Waals surface area contributed by atoms with Crippen LogP contribution in [0.5, 0.6) is 0 Å². The Morgan fingerprint density at radius 1 is 1.17 bits per heavy atom. The highest BCUT2D eigenvalue weighted by molar-refractivity contribution is 6.02. The number of aryl methyl sites for hydroxylation is 2. The molecule has 0 saturated heterocycles. The number of hydrogen-bond acceptors (Lipinski definition) is 3. The molecule has 3 nitrogen and oxygen atoms in total. The van der Waals surface area contributed by atoms with E-state index in [4.69, 9.17) is 4.74 Å². The van der Waals surface area contributed by atoms with Crippen LogP contribution >= 0.6 is 0 Å². The van der Waals surface area contributed by atoms with Crippen LogP contribution in [0.4, 0.5) is 0 Å². The number of hydrogen-bond donors (Lipinski definition) is 1. The Morgan fingerprint density at radius 3 is 2.22 bits per heavy atom. The highest BCUT2D eigenvalue weighted by atomic mass is 16.6. The Morgan fingerprint density at radius 2 is 1.72 bits per heavy atom. The summed E-state index contributed by atoms with van der Waals surface area (Å²) in [6.07, 6.45) is 4.95. The lowest BCUT2D eigenvalue weighted by atomic mass is 9.91. The van der Waals surface area contributed by atoms with E-state index in [0.29, 0.717) is 0 Å². The summed E-state index contributed by atoms with van der Waals surface area (Å²) in [7, 11) is 1.37. The molecule has 0 heterocycles. The number of rotatable bonds is 3. The summed E-state index contributed by atoms with van der Waals surface area (Å²) in [6.45, 7) is 0. The van der Waals surface area contributed by atoms with Gasteiger partial charge in [0.1, 0.15) is 0 Å². The minimum atomic E-state index is -1.32. The van der Waals surface area contributed by atoms with E-state index in [1.807, 2.05) is 0 Å². The lowest BCUT2D eigenvalue weighted by Crippen LogP contribution is -2.25. The number of aliphatic hydroxyl groups is 1. The number of ether oxygens (including phenoxy) is 1. The van der Waals surface area contributed by atoms with Crippen LogP contribution < -0.4 is 0 Å². The highest BCUT2D eigenvalue weighted by Crippen LogP contribution is 2.35. The molecule has 96 valence electrons. The molecule has 18 heavy (non-hydrogen) atoms. The molecule has 0 bridgehead atoms. The van der Waals surface area contributed by atoms with E-state index in [2.05, 4.69) is 6.07 Å². The van der Waals surface area contributed by atoms with Crippen LogP contribution in [0, 0.1) is 0 Å². The quantitative estimate of drug-likeness (QED) is 0.653. The second-order valence-electron chi connectivity index (χ2n) is 5.19. The molecule has 3 heteroatoms. The first-order chi connectivity index (χ1) is 8.72. The summed E-state index contributed by atoms with van der Waals surface area (Å²) in [5, 5.41) is 9.67. The molecular formula is C15H18O3. The number of carbonyl (C=O) groups excluding carboxylic acids is 1. The van der Waals surface area contributed by atoms with Crippen LogP contribution in [-0.2, 0) is 30.4 Å². The number of carbonyl (C=O) groups is 1. The maximum atomic E-state index is 12.3. The minimum absolute atomic E-state index is 0.255. The van der Waals surface area contributed by atoms with Gasteiger partial charge in [-0.1, -0.05) is 6.07 Å². The number of aliphatic hydroxyl groups excluding tert-OH is 1. The van der Waals surface area contributed by atoms with Gasteiger partial charge in [-0.2, -0.15) is 0 Å². The van der Waals surface area contributed by atoms with Crippen molar-refractivity contribution in [3.05, 3.63) is 33.9 Å². The minimum Gasteiger partial charge on any atom is -0.362 e. The van der Waals surface area contributed by atoms with E-state index >= 15 is 0 Å². The molecule has 0 saturated carbocycles. The van der Waals surface area contributed by atoms with E-state index in [-0.39, 0.29) is 5.78 Å². The summed E-state index contributed by atoms with van der Waals surface area (Å²) < 4.78 is 4.79. The van der Waals surface area contributed by atoms with Crippen LogP contribution in [0.15, 0.2) is 6.07 Å². The van der Waals surface area contributed by atoms with Crippen molar-refractivity contribution in [3.8, 4) is 0 Å². The van der Waals surface area contributed by atoms with Gasteiger partial charge in [0.05, 0.1) is 0 Å². The lowest BCUT2D eigenvalue weighted by Gasteiger charge is -2.16. The van der Waals surface area contributed by atoms with Gasteiger partial charge in [0.25, 0.3) is 0 Å². The normalized spacial score (nSPS) is 18.6. The molecule has 0 unspecified atom stereocenters. The summed E-state index contributed by atoms with van der Waals surface area (Å²) in [5.74, 6) is -0.255. The standard InChI is InChI=1S/C15H18O3/c1-18-15(17)14(16)13-11-6-2-4-9(11)8-10-5-3-7-12(10)13/h8,15,17H,2-7H2,1H3/t15-/m1/s1. The van der Waals surface area contributed by atoms with Crippen LogP contribution in [-0.4, -0.2) is 24.3 Å². The lowest BCUT2D eigenvalue weighted by molar-refractivity contribution is -0.0484. The highest BCUT2D eigenvalue weighted by Gasteiger charge is 2.30. The number of methoxy groups -OCH3 is 1. The number of ketones is 1. The molecule has 2 aliphatic carbocycles. The van der Waals surface area contributed by atoms with E-state index < -0.39 is 6.29 Å². The zero-order valence-corrected chi connectivity index (χ0v) is 10.7. The molecule has 0 aromatic heterocycles. The summed E-state index contributed by atoms with van der Waals surface area (Å²) >= 11 is 0. The van der Waals surface area contributed by atoms with Crippen LogP contribution in [0.25, 0.3) is 0 Å². The fourth-order valence-electron chi connectivity index (χ4n) is 3.34. The SMILES string of the molecule is CO[C@@H](O)C(=O)c1c2c(cc3c1CCC3)CCC2. The van der Waals surface area contributed by atoms with Gasteiger partial charge >= 0.3 is 0 Å². The molecule has 2 aliphatic rings. The molecule has 0 radical (unpaired) electrons. The smallest absolute Gasteiger partial charge is 0.219 e. The fourth-order valence-corrected chi connectivity index (χ4v) is 3.34. The maximum absolute atomic E-state index is 12.3. The first-order valence-corrected chi connectivity index (χ1v) is 6.64. The van der Waals surface area contributed by atoms with Crippen molar-refractivity contribution >= 4 is 5.78 Å². The van der Waals surface area contributed by atoms with Gasteiger partial charge in [-0.3, -0.25) is 4.79 Å². The van der Waals surface area contributed by atoms with Gasteiger partial charge in [0.15, 0.2) is 0 Å². The van der Waals surface area contributed by atoms with Gasteiger partial charge in [0.2, 0.25) is 12.1 Å². The molecule has 1 N–H and O–H groups in total. The van der Waals surface area contributed by atoms with E-state index in [1.165, 1.54) is 18.2 Å². The molecule has 3 rings (SSSR count). The Labute approximate surface area is 107 Å². The number of fused-ring (bicyclic) bond motifs is 2. The second-order valence-corrected chi connectivity index (χ2v) is 5.19. The summed E-state index contributed by atoms with van der Waals surface area (Å²) in [5.41, 5.74) is 5.71. The molecule has 1 atom stereocenters. The van der Waals surface area contributed by atoms with Crippen LogP contribution in [0.1, 0.15) is 45.5 Å². The average molecular weight is 246 g/mol. The molecule has 0 spiro atoms. The average Bonchev–Trinajstić information content (AvgIpc) is 3.01. The first-order valence-electron chi connectivity index (χ1n) is 6.64. The third-order valence-corrected chi connectivity index (χ3v) is 4.17. The molecule has 0 amide bonds. The molecule has 1 aromatic carbocycles. The van der Waals surface area contributed by atoms with Crippen molar-refractivity contribution in [2.45, 2.75) is 44.8 Å². The zero-order valence-electron chi connectivity index (χ0n) is 10.7. The van der Waals surface area contributed by atoms with E-state index in [9.17, 15) is 9.90 Å². The summed E-state index contributed by atoms with van der Waals surface area (Å²) in [4.78, 5) is 12.3. The topological polar surface area (TPSA) is 46.5 Å². The van der Waals surface area contributed by atoms with Crippen LogP contribution in [0.2, 0.25) is 0 Å². The van der Waals surface area contributed by atoms with Crippen molar-refractivity contribution in [1.29, 1.82) is 0 Å². The zero-order chi connectivity index (χ0) is 12.7. The second kappa shape index (κ2) is 4.48. The van der Waals surface area contributed by atoms with E-state index in [0.717, 1.165) is 55.2 Å². The Hall–Kier alpha value is -1.19. The van der Waals surface area contributed by atoms with Gasteiger partial charge in [-0.25, -0.2) is 0 Å². The van der Waals surface area contributed by atoms with Gasteiger partial charge in [-0.15, -0.1) is 0 Å². The van der Waals surface area contributed by atoms with Crippen LogP contribution in [0.3, 0.4) is 0 Å². The number of Topliss-reactive ketones (excluding diaryl/α,β-unsaturated/α-hetero) is 1. The van der Waals surface area contributed by atoms with Crippen molar-refractivity contribution in [3.63, 3.8) is 0 Å². The Balaban J connectivity index is 2.15. The van der Waals surface area contributed by atoms with Gasteiger partial charge in [0, 0.05) is 12.7 Å². The van der Waals surface area contributed by atoms with Crippen molar-refractivity contribution < 1.29 is 14.6 Å². The summed E-state index contributed by atoms with van der Waals surface area (Å²) in [6, 6.07) is 2.28. The van der Waals surface area contributed by atoms with Gasteiger partial charge < -0.3 is 9.84 Å². The Bertz CT molecular complexity index is 473. The first kappa shape index (κ1) is 11.9. The molecule has 0 fully saturated rings. The fraction of sp³-hybridized carbons (Fsp3) is 0.533. The molecular weight excluding hydrogens is 228 g/mol. The van der Waals surface area contributed by atoms with Crippen molar-refractivity contribution in [1.82, 2.24) is 0 Å². The number of benzene rings is 1.